The van der Waals surface area contributed by atoms with Crippen LogP contribution in [0.1, 0.15) is 16.9 Å². The molecule has 2 aromatic rings. The molecule has 102 valence electrons. The van der Waals surface area contributed by atoms with Crippen LogP contribution in [0, 0.1) is 0 Å². The third-order valence-corrected chi connectivity index (χ3v) is 2.64. The molecule has 1 N–H and O–H groups in total. The van der Waals surface area contributed by atoms with E-state index in [0.29, 0.717) is 5.69 Å². The molecule has 1 aromatic heterocycles. The third-order valence-electron chi connectivity index (χ3n) is 2.64. The number of nitrogens with zero attached hydrogens (tertiary/aromatic N) is 3. The first kappa shape index (κ1) is 13.7. The van der Waals surface area contributed by atoms with Gasteiger partial charge in [-0.1, -0.05) is 18.2 Å². The zero-order chi connectivity index (χ0) is 14.4. The summed E-state index contributed by atoms with van der Waals surface area (Å²) in [4.78, 5) is 32.3. The molecule has 0 fully saturated rings. The summed E-state index contributed by atoms with van der Waals surface area (Å²) in [6.45, 7) is 0.0781. The summed E-state index contributed by atoms with van der Waals surface area (Å²) in [6, 6.07) is 8.89. The van der Waals surface area contributed by atoms with Crippen LogP contribution in [0.2, 0.25) is 0 Å². The van der Waals surface area contributed by atoms with E-state index >= 15 is 0 Å². The molecule has 1 amide bonds. The lowest BCUT2D eigenvalue weighted by molar-refractivity contribution is -0.136. The second-order valence-electron chi connectivity index (χ2n) is 4.03. The summed E-state index contributed by atoms with van der Waals surface area (Å²) in [6.07, 6.45) is 4.12. The number of hydrogen-bond acceptors (Lipinski definition) is 4. The molecule has 1 heterocycles. The summed E-state index contributed by atoms with van der Waals surface area (Å²) in [5, 5.41) is 8.80. The minimum atomic E-state index is -0.960. The minimum absolute atomic E-state index is 0.0781. The topological polar surface area (TPSA) is 83.4 Å². The lowest BCUT2D eigenvalue weighted by Crippen LogP contribution is -2.33. The van der Waals surface area contributed by atoms with Crippen LogP contribution in [0.4, 0.5) is 5.69 Å². The maximum atomic E-state index is 12.4. The number of carbonyl (C=O) groups excluding carboxylic acids is 1. The molecule has 0 aliphatic carbocycles. The molecule has 1 aromatic carbocycles. The van der Waals surface area contributed by atoms with E-state index in [1.54, 1.807) is 24.3 Å². The number of aliphatic carboxylic acids is 1. The van der Waals surface area contributed by atoms with Gasteiger partial charge in [-0.3, -0.25) is 14.6 Å². The summed E-state index contributed by atoms with van der Waals surface area (Å²) >= 11 is 0. The number of aromatic nitrogens is 2. The Labute approximate surface area is 115 Å². The molecule has 0 radical (unpaired) electrons. The Kier molecular flexibility index (Phi) is 4.39. The Hall–Kier alpha value is -2.76. The third kappa shape index (κ3) is 3.38. The molecule has 0 bridgehead atoms. The number of benzene rings is 1. The van der Waals surface area contributed by atoms with E-state index in [0.717, 1.165) is 0 Å². The molecule has 0 spiro atoms. The fourth-order valence-electron chi connectivity index (χ4n) is 1.71. The van der Waals surface area contributed by atoms with Gasteiger partial charge >= 0.3 is 5.97 Å². The molecular weight excluding hydrogens is 258 g/mol. The number of carboxylic acid groups (broad SMARTS) is 1. The van der Waals surface area contributed by atoms with Crippen molar-refractivity contribution in [3.8, 4) is 0 Å². The monoisotopic (exact) mass is 271 g/mol. The van der Waals surface area contributed by atoms with Crippen LogP contribution in [0.25, 0.3) is 0 Å². The van der Waals surface area contributed by atoms with Gasteiger partial charge in [-0.25, -0.2) is 4.98 Å². The van der Waals surface area contributed by atoms with Crippen molar-refractivity contribution in [2.24, 2.45) is 0 Å². The van der Waals surface area contributed by atoms with Crippen molar-refractivity contribution < 1.29 is 14.7 Å². The standard InChI is InChI=1S/C14H13N3O3/c18-13(19)6-9-17(11-4-2-1-3-5-11)14(20)12-10-15-7-8-16-12/h1-5,7-8,10H,6,9H2,(H,18,19). The van der Waals surface area contributed by atoms with Gasteiger partial charge in [-0.05, 0) is 12.1 Å². The fraction of sp³-hybridized carbons (Fsp3) is 0.143. The normalized spacial score (nSPS) is 10.0. The van der Waals surface area contributed by atoms with Crippen molar-refractivity contribution in [1.82, 2.24) is 9.97 Å². The maximum absolute atomic E-state index is 12.4. The van der Waals surface area contributed by atoms with Crippen molar-refractivity contribution in [3.63, 3.8) is 0 Å². The Morgan fingerprint density at radius 1 is 1.15 bits per heavy atom. The first-order valence-corrected chi connectivity index (χ1v) is 6.03. The Bertz CT molecular complexity index is 587. The highest BCUT2D eigenvalue weighted by Gasteiger charge is 2.19. The van der Waals surface area contributed by atoms with E-state index in [2.05, 4.69) is 9.97 Å². The van der Waals surface area contributed by atoms with Gasteiger partial charge in [0.2, 0.25) is 0 Å². The van der Waals surface area contributed by atoms with Crippen LogP contribution in [-0.2, 0) is 4.79 Å². The highest BCUT2D eigenvalue weighted by molar-refractivity contribution is 6.04. The van der Waals surface area contributed by atoms with Crippen LogP contribution in [-0.4, -0.2) is 33.5 Å². The smallest absolute Gasteiger partial charge is 0.305 e. The Morgan fingerprint density at radius 2 is 1.90 bits per heavy atom. The summed E-state index contributed by atoms with van der Waals surface area (Å²) < 4.78 is 0. The number of amides is 1. The molecule has 0 aliphatic heterocycles. The molecule has 0 aliphatic rings. The Morgan fingerprint density at radius 3 is 2.50 bits per heavy atom. The predicted octanol–water partition coefficient (Wildman–Crippen LogP) is 1.60. The largest absolute Gasteiger partial charge is 0.481 e. The van der Waals surface area contributed by atoms with E-state index in [-0.39, 0.29) is 24.6 Å². The SMILES string of the molecule is O=C(O)CCN(C(=O)c1cnccn1)c1ccccc1. The van der Waals surface area contributed by atoms with Gasteiger partial charge in [0.05, 0.1) is 12.6 Å². The highest BCUT2D eigenvalue weighted by Crippen LogP contribution is 2.16. The number of para-hydroxylation sites is 1. The van der Waals surface area contributed by atoms with Crippen molar-refractivity contribution >= 4 is 17.6 Å². The molecule has 2 rings (SSSR count). The van der Waals surface area contributed by atoms with Gasteiger partial charge in [0.15, 0.2) is 0 Å². The van der Waals surface area contributed by atoms with Gasteiger partial charge in [0, 0.05) is 24.6 Å². The first-order chi connectivity index (χ1) is 9.68. The Balaban J connectivity index is 2.27. The number of carbonyl (C=O) groups is 2. The quantitative estimate of drug-likeness (QED) is 0.893. The van der Waals surface area contributed by atoms with Gasteiger partial charge in [-0.2, -0.15) is 0 Å². The average molecular weight is 271 g/mol. The lowest BCUT2D eigenvalue weighted by atomic mass is 10.2. The molecule has 20 heavy (non-hydrogen) atoms. The van der Waals surface area contributed by atoms with Gasteiger partial charge in [-0.15, -0.1) is 0 Å². The molecule has 0 atom stereocenters. The molecule has 0 unspecified atom stereocenters. The van der Waals surface area contributed by atoms with Crippen molar-refractivity contribution in [1.29, 1.82) is 0 Å². The summed E-state index contributed by atoms with van der Waals surface area (Å²) in [7, 11) is 0. The minimum Gasteiger partial charge on any atom is -0.481 e. The van der Waals surface area contributed by atoms with Gasteiger partial charge in [0.1, 0.15) is 5.69 Å². The number of carboxylic acids is 1. The van der Waals surface area contributed by atoms with Crippen LogP contribution in [0.3, 0.4) is 0 Å². The van der Waals surface area contributed by atoms with E-state index < -0.39 is 5.97 Å². The molecule has 0 saturated carbocycles. The summed E-state index contributed by atoms with van der Waals surface area (Å²) in [5.41, 5.74) is 0.811. The zero-order valence-electron chi connectivity index (χ0n) is 10.6. The summed E-state index contributed by atoms with van der Waals surface area (Å²) in [5.74, 6) is -1.33. The highest BCUT2D eigenvalue weighted by atomic mass is 16.4. The molecule has 6 nitrogen and oxygen atoms in total. The van der Waals surface area contributed by atoms with Crippen LogP contribution in [0.15, 0.2) is 48.9 Å². The maximum Gasteiger partial charge on any atom is 0.305 e. The van der Waals surface area contributed by atoms with Crippen molar-refractivity contribution in [3.05, 3.63) is 54.6 Å². The van der Waals surface area contributed by atoms with Crippen LogP contribution >= 0.6 is 0 Å². The molecule has 0 saturated heterocycles. The lowest BCUT2D eigenvalue weighted by Gasteiger charge is -2.21. The second kappa shape index (κ2) is 6.42. The number of anilines is 1. The van der Waals surface area contributed by atoms with Crippen LogP contribution < -0.4 is 4.90 Å². The number of rotatable bonds is 5. The van der Waals surface area contributed by atoms with Crippen molar-refractivity contribution in [2.45, 2.75) is 6.42 Å². The van der Waals surface area contributed by atoms with Gasteiger partial charge in [0.25, 0.3) is 5.91 Å². The van der Waals surface area contributed by atoms with Gasteiger partial charge < -0.3 is 10.0 Å². The van der Waals surface area contributed by atoms with Crippen LogP contribution in [0.5, 0.6) is 0 Å². The van der Waals surface area contributed by atoms with E-state index in [1.165, 1.54) is 23.5 Å². The second-order valence-corrected chi connectivity index (χ2v) is 4.03. The predicted molar refractivity (Wildman–Crippen MR) is 72.4 cm³/mol. The molecular formula is C14H13N3O3. The number of hydrogen-bond donors (Lipinski definition) is 1. The zero-order valence-corrected chi connectivity index (χ0v) is 10.6. The van der Waals surface area contributed by atoms with E-state index in [4.69, 9.17) is 5.11 Å². The van der Waals surface area contributed by atoms with E-state index in [9.17, 15) is 9.59 Å². The molecule has 6 heteroatoms. The first-order valence-electron chi connectivity index (χ1n) is 6.03. The van der Waals surface area contributed by atoms with Crippen molar-refractivity contribution in [2.75, 3.05) is 11.4 Å². The van der Waals surface area contributed by atoms with E-state index in [1.807, 2.05) is 6.07 Å². The fourth-order valence-corrected chi connectivity index (χ4v) is 1.71. The average Bonchev–Trinajstić information content (AvgIpc) is 2.49.